The molecule has 0 radical (unpaired) electrons. The molecule has 0 saturated heterocycles. The van der Waals surface area contributed by atoms with Crippen molar-refractivity contribution < 1.29 is 13.2 Å². The van der Waals surface area contributed by atoms with Crippen molar-refractivity contribution in [3.05, 3.63) is 34.0 Å². The van der Waals surface area contributed by atoms with Crippen LogP contribution in [-0.4, -0.2) is 39.2 Å². The number of aromatic nitrogens is 3. The number of thiazole rings is 1. The number of nitrogens with zero attached hydrogens (tertiary/aromatic N) is 5. The molecule has 1 N–H and O–H groups in total. The summed E-state index contributed by atoms with van der Waals surface area (Å²) in [5.74, 6) is 0.602. The second-order valence-corrected chi connectivity index (χ2v) is 6.12. The Morgan fingerprint density at radius 2 is 2.21 bits per heavy atom. The summed E-state index contributed by atoms with van der Waals surface area (Å²) in [4.78, 5) is 9.84. The number of aryl methyl sites for hydroxylation is 1. The molecule has 0 amide bonds. The maximum Gasteiger partial charge on any atom is 0.434 e. The van der Waals surface area contributed by atoms with Crippen LogP contribution in [0.4, 0.5) is 13.2 Å². The molecule has 0 aromatic carbocycles. The predicted molar refractivity (Wildman–Crippen MR) is 86.6 cm³/mol. The van der Waals surface area contributed by atoms with Gasteiger partial charge in [-0.1, -0.05) is 0 Å². The summed E-state index contributed by atoms with van der Waals surface area (Å²) in [5, 5.41) is 8.57. The first kappa shape index (κ1) is 18.2. The summed E-state index contributed by atoms with van der Waals surface area (Å²) in [6, 6.07) is 0. The highest BCUT2D eigenvalue weighted by atomic mass is 32.1. The zero-order chi connectivity index (χ0) is 17.7. The SMILES string of the molecule is CCNC(=NCc1nc(C(F)(F)F)cs1)N(C)Cc1cnn(C)c1. The first-order valence-electron chi connectivity index (χ1n) is 7.28. The van der Waals surface area contributed by atoms with Crippen molar-refractivity contribution in [1.82, 2.24) is 25.0 Å². The van der Waals surface area contributed by atoms with Gasteiger partial charge in [0.15, 0.2) is 11.7 Å². The highest BCUT2D eigenvalue weighted by molar-refractivity contribution is 7.09. The molecule has 24 heavy (non-hydrogen) atoms. The third-order valence-corrected chi connectivity index (χ3v) is 3.91. The molecule has 0 aliphatic rings. The predicted octanol–water partition coefficient (Wildman–Crippen LogP) is 2.49. The van der Waals surface area contributed by atoms with Gasteiger partial charge in [0.1, 0.15) is 5.01 Å². The van der Waals surface area contributed by atoms with Gasteiger partial charge in [-0.25, -0.2) is 9.98 Å². The third kappa shape index (κ3) is 4.95. The number of halogens is 3. The molecule has 2 aromatic heterocycles. The number of hydrogen-bond donors (Lipinski definition) is 1. The highest BCUT2D eigenvalue weighted by Gasteiger charge is 2.33. The van der Waals surface area contributed by atoms with Crippen molar-refractivity contribution in [3.63, 3.8) is 0 Å². The maximum atomic E-state index is 12.6. The smallest absolute Gasteiger partial charge is 0.357 e. The first-order chi connectivity index (χ1) is 11.3. The molecule has 0 bridgehead atoms. The van der Waals surface area contributed by atoms with Crippen LogP contribution in [0, 0.1) is 0 Å². The summed E-state index contributed by atoms with van der Waals surface area (Å²) in [6.07, 6.45) is -0.757. The van der Waals surface area contributed by atoms with Crippen LogP contribution in [0.3, 0.4) is 0 Å². The lowest BCUT2D eigenvalue weighted by Crippen LogP contribution is -2.38. The average Bonchev–Trinajstić information content (AvgIpc) is 3.12. The summed E-state index contributed by atoms with van der Waals surface area (Å²) in [5.41, 5.74) is 0.144. The molecule has 2 heterocycles. The van der Waals surface area contributed by atoms with E-state index in [-0.39, 0.29) is 6.54 Å². The Balaban J connectivity index is 2.05. The monoisotopic (exact) mass is 360 g/mol. The molecule has 0 saturated carbocycles. The molecule has 2 aromatic rings. The van der Waals surface area contributed by atoms with E-state index in [0.717, 1.165) is 22.3 Å². The molecular formula is C14H19F3N6S. The topological polar surface area (TPSA) is 58.3 Å². The maximum absolute atomic E-state index is 12.6. The Labute approximate surface area is 142 Å². The van der Waals surface area contributed by atoms with E-state index in [0.29, 0.717) is 24.1 Å². The second kappa shape index (κ2) is 7.65. The average molecular weight is 360 g/mol. The fraction of sp³-hybridized carbons (Fsp3) is 0.500. The molecule has 0 fully saturated rings. The lowest BCUT2D eigenvalue weighted by Gasteiger charge is -2.21. The molecule has 0 aliphatic heterocycles. The van der Waals surface area contributed by atoms with Crippen LogP contribution in [0.15, 0.2) is 22.8 Å². The minimum absolute atomic E-state index is 0.0977. The quantitative estimate of drug-likeness (QED) is 0.657. The Morgan fingerprint density at radius 1 is 1.46 bits per heavy atom. The van der Waals surface area contributed by atoms with E-state index in [1.54, 1.807) is 10.9 Å². The Bertz CT molecular complexity index is 691. The van der Waals surface area contributed by atoms with Crippen LogP contribution >= 0.6 is 11.3 Å². The molecular weight excluding hydrogens is 341 g/mol. The largest absolute Gasteiger partial charge is 0.434 e. The third-order valence-electron chi connectivity index (χ3n) is 3.08. The molecule has 0 unspecified atom stereocenters. The fourth-order valence-electron chi connectivity index (χ4n) is 2.03. The van der Waals surface area contributed by atoms with E-state index in [4.69, 9.17) is 0 Å². The molecule has 2 rings (SSSR count). The van der Waals surface area contributed by atoms with Crippen molar-refractivity contribution in [1.29, 1.82) is 0 Å². The number of nitrogens with one attached hydrogen (secondary N) is 1. The van der Waals surface area contributed by atoms with Crippen molar-refractivity contribution in [2.75, 3.05) is 13.6 Å². The van der Waals surface area contributed by atoms with Crippen LogP contribution in [0.1, 0.15) is 23.2 Å². The Kier molecular flexibility index (Phi) is 5.81. The van der Waals surface area contributed by atoms with E-state index in [2.05, 4.69) is 20.4 Å². The van der Waals surface area contributed by atoms with Crippen LogP contribution in [0.25, 0.3) is 0 Å². The minimum atomic E-state index is -4.42. The zero-order valence-electron chi connectivity index (χ0n) is 13.6. The van der Waals surface area contributed by atoms with Gasteiger partial charge in [0, 0.05) is 44.3 Å². The van der Waals surface area contributed by atoms with E-state index >= 15 is 0 Å². The number of guanidine groups is 1. The van der Waals surface area contributed by atoms with Gasteiger partial charge in [0.2, 0.25) is 0 Å². The normalized spacial score (nSPS) is 12.5. The summed E-state index contributed by atoms with van der Waals surface area (Å²) >= 11 is 0.958. The molecule has 0 spiro atoms. The van der Waals surface area contributed by atoms with Gasteiger partial charge < -0.3 is 10.2 Å². The molecule has 132 valence electrons. The second-order valence-electron chi connectivity index (χ2n) is 5.17. The van der Waals surface area contributed by atoms with Crippen LogP contribution in [0.2, 0.25) is 0 Å². The van der Waals surface area contributed by atoms with Crippen molar-refractivity contribution >= 4 is 17.3 Å². The van der Waals surface area contributed by atoms with Crippen LogP contribution in [0.5, 0.6) is 0 Å². The molecule has 10 heteroatoms. The zero-order valence-corrected chi connectivity index (χ0v) is 14.4. The number of aliphatic imine (C=N–C) groups is 1. The van der Waals surface area contributed by atoms with E-state index < -0.39 is 11.9 Å². The van der Waals surface area contributed by atoms with Gasteiger partial charge in [-0.05, 0) is 6.92 Å². The van der Waals surface area contributed by atoms with E-state index in [1.165, 1.54) is 0 Å². The summed E-state index contributed by atoms with van der Waals surface area (Å²) in [7, 11) is 3.70. The van der Waals surface area contributed by atoms with Crippen LogP contribution < -0.4 is 5.32 Å². The van der Waals surface area contributed by atoms with Crippen molar-refractivity contribution in [2.24, 2.45) is 12.0 Å². The highest BCUT2D eigenvalue weighted by Crippen LogP contribution is 2.30. The standard InChI is InChI=1S/C14H19F3N6S/c1-4-18-13(22(2)7-10-5-20-23(3)8-10)19-6-12-21-11(9-24-12)14(15,16)17/h5,8-9H,4,6-7H2,1-3H3,(H,18,19). The van der Waals surface area contributed by atoms with Gasteiger partial charge in [-0.3, -0.25) is 4.68 Å². The van der Waals surface area contributed by atoms with Gasteiger partial charge >= 0.3 is 6.18 Å². The van der Waals surface area contributed by atoms with Crippen LogP contribution in [-0.2, 0) is 26.3 Å². The van der Waals surface area contributed by atoms with Gasteiger partial charge in [-0.15, -0.1) is 11.3 Å². The van der Waals surface area contributed by atoms with Gasteiger partial charge in [-0.2, -0.15) is 18.3 Å². The molecule has 0 aliphatic carbocycles. The van der Waals surface area contributed by atoms with E-state index in [1.807, 2.05) is 32.1 Å². The molecule has 6 nitrogen and oxygen atoms in total. The summed E-state index contributed by atoms with van der Waals surface area (Å²) in [6.45, 7) is 3.27. The summed E-state index contributed by atoms with van der Waals surface area (Å²) < 4.78 is 39.4. The number of hydrogen-bond acceptors (Lipinski definition) is 4. The Hall–Kier alpha value is -2.10. The number of rotatable bonds is 5. The van der Waals surface area contributed by atoms with Crippen molar-refractivity contribution in [3.8, 4) is 0 Å². The minimum Gasteiger partial charge on any atom is -0.357 e. The van der Waals surface area contributed by atoms with Crippen molar-refractivity contribution in [2.45, 2.75) is 26.2 Å². The van der Waals surface area contributed by atoms with E-state index in [9.17, 15) is 13.2 Å². The fourth-order valence-corrected chi connectivity index (χ4v) is 2.75. The lowest BCUT2D eigenvalue weighted by atomic mass is 10.3. The molecule has 0 atom stereocenters. The Morgan fingerprint density at radius 3 is 2.75 bits per heavy atom. The number of alkyl halides is 3. The lowest BCUT2D eigenvalue weighted by molar-refractivity contribution is -0.140. The van der Waals surface area contributed by atoms with Gasteiger partial charge in [0.05, 0.1) is 12.7 Å². The first-order valence-corrected chi connectivity index (χ1v) is 8.16. The van der Waals surface area contributed by atoms with Gasteiger partial charge in [0.25, 0.3) is 0 Å².